The van der Waals surface area contributed by atoms with Gasteiger partial charge >= 0.3 is 0 Å². The first-order valence-corrected chi connectivity index (χ1v) is 6.05. The zero-order valence-corrected chi connectivity index (χ0v) is 9.83. The number of thiazole rings is 1. The Kier molecular flexibility index (Phi) is 3.69. The average molecular weight is 227 g/mol. The molecule has 1 aromatic rings. The largest absolute Gasteiger partial charge is 0.391 e. The van der Waals surface area contributed by atoms with Crippen molar-refractivity contribution in [3.8, 4) is 0 Å². The molecule has 0 saturated carbocycles. The number of nitrogens with zero attached hydrogens (tertiary/aromatic N) is 3. The van der Waals surface area contributed by atoms with E-state index in [1.807, 2.05) is 0 Å². The van der Waals surface area contributed by atoms with Crippen molar-refractivity contribution in [2.45, 2.75) is 13.2 Å². The quantitative estimate of drug-likeness (QED) is 0.810. The maximum absolute atomic E-state index is 8.94. The molecular formula is C10H17N3OS. The van der Waals surface area contributed by atoms with Gasteiger partial charge in [-0.2, -0.15) is 0 Å². The molecular weight excluding hydrogens is 210 g/mol. The van der Waals surface area contributed by atoms with Crippen LogP contribution in [0.3, 0.4) is 0 Å². The molecule has 0 unspecified atom stereocenters. The monoisotopic (exact) mass is 227 g/mol. The van der Waals surface area contributed by atoms with Crippen LogP contribution in [0.4, 0.5) is 0 Å². The Morgan fingerprint density at radius 3 is 2.73 bits per heavy atom. The molecule has 1 aromatic heterocycles. The fraction of sp³-hybridized carbons (Fsp3) is 0.700. The van der Waals surface area contributed by atoms with Crippen LogP contribution in [0.5, 0.6) is 0 Å². The van der Waals surface area contributed by atoms with Gasteiger partial charge in [-0.15, -0.1) is 11.3 Å². The topological polar surface area (TPSA) is 39.6 Å². The molecule has 0 radical (unpaired) electrons. The Bertz CT molecular complexity index is 307. The van der Waals surface area contributed by atoms with Crippen LogP contribution in [0.15, 0.2) is 6.20 Å². The molecule has 5 heteroatoms. The second kappa shape index (κ2) is 5.03. The zero-order valence-electron chi connectivity index (χ0n) is 9.02. The van der Waals surface area contributed by atoms with Gasteiger partial charge in [-0.25, -0.2) is 4.98 Å². The number of hydrogen-bond acceptors (Lipinski definition) is 5. The minimum atomic E-state index is 0.112. The number of aliphatic hydroxyl groups is 1. The summed E-state index contributed by atoms with van der Waals surface area (Å²) >= 11 is 1.61. The van der Waals surface area contributed by atoms with Crippen LogP contribution in [0.25, 0.3) is 0 Å². The van der Waals surface area contributed by atoms with Crippen molar-refractivity contribution >= 4 is 11.3 Å². The van der Waals surface area contributed by atoms with Crippen molar-refractivity contribution < 1.29 is 5.11 Å². The molecule has 15 heavy (non-hydrogen) atoms. The van der Waals surface area contributed by atoms with Crippen LogP contribution in [0.2, 0.25) is 0 Å². The summed E-state index contributed by atoms with van der Waals surface area (Å²) in [4.78, 5) is 10.0. The van der Waals surface area contributed by atoms with Crippen LogP contribution in [0.1, 0.15) is 9.88 Å². The van der Waals surface area contributed by atoms with Gasteiger partial charge in [0, 0.05) is 32.4 Å². The minimum absolute atomic E-state index is 0.112. The maximum Gasteiger partial charge on any atom is 0.107 e. The molecule has 0 aromatic carbocycles. The van der Waals surface area contributed by atoms with Crippen molar-refractivity contribution in [2.75, 3.05) is 33.2 Å². The van der Waals surface area contributed by atoms with Gasteiger partial charge in [-0.3, -0.25) is 4.90 Å². The summed E-state index contributed by atoms with van der Waals surface area (Å²) < 4.78 is 0. The Labute approximate surface area is 94.2 Å². The van der Waals surface area contributed by atoms with Crippen molar-refractivity contribution in [3.05, 3.63) is 16.1 Å². The Morgan fingerprint density at radius 1 is 1.40 bits per heavy atom. The van der Waals surface area contributed by atoms with Crippen molar-refractivity contribution in [1.29, 1.82) is 0 Å². The van der Waals surface area contributed by atoms with E-state index in [4.69, 9.17) is 5.11 Å². The smallest absolute Gasteiger partial charge is 0.107 e. The lowest BCUT2D eigenvalue weighted by molar-refractivity contribution is 0.148. The molecule has 1 fully saturated rings. The lowest BCUT2D eigenvalue weighted by atomic mass is 10.3. The van der Waals surface area contributed by atoms with Crippen molar-refractivity contribution in [2.24, 2.45) is 0 Å². The summed E-state index contributed by atoms with van der Waals surface area (Å²) in [5, 5.41) is 10.1. The molecule has 0 atom stereocenters. The van der Waals surface area contributed by atoms with Crippen LogP contribution >= 0.6 is 11.3 Å². The molecule has 1 N–H and O–H groups in total. The Balaban J connectivity index is 1.86. The summed E-state index contributed by atoms with van der Waals surface area (Å²) in [6.07, 6.45) is 1.77. The third-order valence-electron chi connectivity index (χ3n) is 2.71. The summed E-state index contributed by atoms with van der Waals surface area (Å²) in [5.41, 5.74) is 0. The van der Waals surface area contributed by atoms with Gasteiger partial charge < -0.3 is 10.0 Å². The van der Waals surface area contributed by atoms with E-state index < -0.39 is 0 Å². The number of aliphatic hydroxyl groups excluding tert-OH is 1. The van der Waals surface area contributed by atoms with Crippen LogP contribution < -0.4 is 0 Å². The predicted molar refractivity (Wildman–Crippen MR) is 60.8 cm³/mol. The van der Waals surface area contributed by atoms with Gasteiger partial charge in [0.25, 0.3) is 0 Å². The highest BCUT2D eigenvalue weighted by Gasteiger charge is 2.15. The minimum Gasteiger partial charge on any atom is -0.391 e. The van der Waals surface area contributed by atoms with Crippen molar-refractivity contribution in [3.63, 3.8) is 0 Å². The van der Waals surface area contributed by atoms with E-state index in [2.05, 4.69) is 21.8 Å². The maximum atomic E-state index is 8.94. The van der Waals surface area contributed by atoms with Gasteiger partial charge in [0.05, 0.1) is 18.0 Å². The van der Waals surface area contributed by atoms with Gasteiger partial charge in [0.15, 0.2) is 0 Å². The molecule has 1 aliphatic heterocycles. The Morgan fingerprint density at radius 2 is 2.13 bits per heavy atom. The van der Waals surface area contributed by atoms with Gasteiger partial charge in [0.2, 0.25) is 0 Å². The fourth-order valence-electron chi connectivity index (χ4n) is 1.69. The van der Waals surface area contributed by atoms with E-state index >= 15 is 0 Å². The highest BCUT2D eigenvalue weighted by atomic mass is 32.1. The number of likely N-dealkylation sites (N-methyl/N-ethyl adjacent to an activating group) is 1. The molecule has 2 heterocycles. The number of hydrogen-bond donors (Lipinski definition) is 1. The standard InChI is InChI=1S/C10H17N3OS/c1-12-2-4-13(5-3-12)7-10-11-6-9(8-14)15-10/h6,14H,2-5,7-8H2,1H3. The predicted octanol–water partition coefficient (Wildman–Crippen LogP) is 0.383. The highest BCUT2D eigenvalue weighted by Crippen LogP contribution is 2.15. The van der Waals surface area contributed by atoms with Crippen molar-refractivity contribution in [1.82, 2.24) is 14.8 Å². The summed E-state index contributed by atoms with van der Waals surface area (Å²) in [7, 11) is 2.16. The second-order valence-corrected chi connectivity index (χ2v) is 5.16. The molecule has 0 bridgehead atoms. The van der Waals surface area contributed by atoms with Crippen LogP contribution in [-0.4, -0.2) is 53.1 Å². The van der Waals surface area contributed by atoms with E-state index in [-0.39, 0.29) is 6.61 Å². The van der Waals surface area contributed by atoms with E-state index in [9.17, 15) is 0 Å². The second-order valence-electron chi connectivity index (χ2n) is 3.96. The van der Waals surface area contributed by atoms with E-state index in [0.717, 1.165) is 42.6 Å². The van der Waals surface area contributed by atoms with Gasteiger partial charge in [-0.1, -0.05) is 0 Å². The molecule has 0 amide bonds. The molecule has 1 saturated heterocycles. The third-order valence-corrected chi connectivity index (χ3v) is 3.68. The number of rotatable bonds is 3. The van der Waals surface area contributed by atoms with E-state index in [1.54, 1.807) is 17.5 Å². The molecule has 1 aliphatic rings. The average Bonchev–Trinajstić information content (AvgIpc) is 2.69. The number of piperazine rings is 1. The summed E-state index contributed by atoms with van der Waals surface area (Å²) in [6.45, 7) is 5.55. The SMILES string of the molecule is CN1CCN(Cc2ncc(CO)s2)CC1. The molecule has 0 aliphatic carbocycles. The highest BCUT2D eigenvalue weighted by molar-refractivity contribution is 7.11. The first-order chi connectivity index (χ1) is 7.28. The zero-order chi connectivity index (χ0) is 10.7. The normalized spacial score (nSPS) is 19.6. The Hall–Kier alpha value is -0.490. The molecule has 4 nitrogen and oxygen atoms in total. The van der Waals surface area contributed by atoms with Gasteiger partial charge in [-0.05, 0) is 7.05 Å². The number of aromatic nitrogens is 1. The first kappa shape index (κ1) is 11.0. The molecule has 0 spiro atoms. The summed E-state index contributed by atoms with van der Waals surface area (Å²) in [6, 6.07) is 0. The third kappa shape index (κ3) is 2.98. The lowest BCUT2D eigenvalue weighted by Crippen LogP contribution is -2.43. The van der Waals surface area contributed by atoms with Crippen LogP contribution in [-0.2, 0) is 13.2 Å². The van der Waals surface area contributed by atoms with E-state index in [1.165, 1.54) is 0 Å². The fourth-order valence-corrected chi connectivity index (χ4v) is 2.52. The molecule has 2 rings (SSSR count). The van der Waals surface area contributed by atoms with E-state index in [0.29, 0.717) is 0 Å². The first-order valence-electron chi connectivity index (χ1n) is 5.23. The lowest BCUT2D eigenvalue weighted by Gasteiger charge is -2.31. The van der Waals surface area contributed by atoms with Gasteiger partial charge in [0.1, 0.15) is 5.01 Å². The molecule has 84 valence electrons. The van der Waals surface area contributed by atoms with Crippen LogP contribution in [0, 0.1) is 0 Å². The summed E-state index contributed by atoms with van der Waals surface area (Å²) in [5.74, 6) is 0.